The summed E-state index contributed by atoms with van der Waals surface area (Å²) in [6.45, 7) is 2.64. The third kappa shape index (κ3) is 3.60. The van der Waals surface area contributed by atoms with E-state index in [1.54, 1.807) is 11.8 Å². The molecule has 10 nitrogen and oxygen atoms in total. The van der Waals surface area contributed by atoms with Crippen LogP contribution in [-0.2, 0) is 14.3 Å². The second-order valence-corrected chi connectivity index (χ2v) is 7.31. The normalized spacial score (nSPS) is 19.7. The fourth-order valence-corrected chi connectivity index (χ4v) is 3.90. The number of hydrogen-bond donors (Lipinski definition) is 0. The molecule has 0 spiro atoms. The van der Waals surface area contributed by atoms with Crippen molar-refractivity contribution in [3.63, 3.8) is 0 Å². The molecule has 2 fully saturated rings. The molecular weight excluding hydrogens is 390 g/mol. The molecule has 0 radical (unpaired) electrons. The number of cyclic esters (lactones) is 1. The standard InChI is InChI=1S/C20H23N5O5/c1-13-17(22-25(21-13)15-6-4-3-5-7-15)18(26)23-10-8-14(9-11-23)24-16(19(27)29-2)12-30-20(24)28/h3-7,14,16H,8-12H2,1-2H3/t16-/m1/s1. The van der Waals surface area contributed by atoms with E-state index in [0.29, 0.717) is 37.3 Å². The highest BCUT2D eigenvalue weighted by atomic mass is 16.6. The quantitative estimate of drug-likeness (QED) is 0.693. The van der Waals surface area contributed by atoms with E-state index in [4.69, 9.17) is 9.47 Å². The number of amides is 2. The molecule has 1 aromatic carbocycles. The highest BCUT2D eigenvalue weighted by molar-refractivity contribution is 5.93. The minimum atomic E-state index is -0.734. The van der Waals surface area contributed by atoms with E-state index in [1.165, 1.54) is 16.8 Å². The predicted molar refractivity (Wildman–Crippen MR) is 104 cm³/mol. The number of benzene rings is 1. The van der Waals surface area contributed by atoms with Crippen molar-refractivity contribution >= 4 is 18.0 Å². The number of hydrogen-bond acceptors (Lipinski definition) is 7. The van der Waals surface area contributed by atoms with Gasteiger partial charge < -0.3 is 14.4 Å². The van der Waals surface area contributed by atoms with Gasteiger partial charge in [0.15, 0.2) is 11.7 Å². The van der Waals surface area contributed by atoms with Crippen molar-refractivity contribution in [3.8, 4) is 5.69 Å². The number of carbonyl (C=O) groups is 3. The van der Waals surface area contributed by atoms with Gasteiger partial charge in [0.05, 0.1) is 18.5 Å². The molecule has 3 heterocycles. The Labute approximate surface area is 173 Å². The number of para-hydroxylation sites is 1. The van der Waals surface area contributed by atoms with E-state index in [1.807, 2.05) is 30.3 Å². The number of likely N-dealkylation sites (tertiary alicyclic amines) is 1. The molecule has 2 saturated heterocycles. The van der Waals surface area contributed by atoms with Gasteiger partial charge in [0.2, 0.25) is 0 Å². The molecule has 2 aliphatic rings. The topological polar surface area (TPSA) is 107 Å². The van der Waals surface area contributed by atoms with Gasteiger partial charge in [0.25, 0.3) is 5.91 Å². The molecular formula is C20H23N5O5. The third-order valence-electron chi connectivity index (χ3n) is 5.50. The number of aryl methyl sites for hydroxylation is 1. The van der Waals surface area contributed by atoms with Crippen LogP contribution >= 0.6 is 0 Å². The van der Waals surface area contributed by atoms with Gasteiger partial charge >= 0.3 is 12.1 Å². The smallest absolute Gasteiger partial charge is 0.410 e. The average molecular weight is 413 g/mol. The van der Waals surface area contributed by atoms with E-state index in [0.717, 1.165) is 5.69 Å². The van der Waals surface area contributed by atoms with Crippen LogP contribution in [0, 0.1) is 6.92 Å². The van der Waals surface area contributed by atoms with Crippen molar-refractivity contribution in [2.75, 3.05) is 26.8 Å². The maximum atomic E-state index is 13.0. The first-order valence-corrected chi connectivity index (χ1v) is 9.81. The first-order valence-electron chi connectivity index (χ1n) is 9.81. The molecule has 4 rings (SSSR count). The molecule has 0 N–H and O–H groups in total. The predicted octanol–water partition coefficient (Wildman–Crippen LogP) is 1.17. The number of methoxy groups -OCH3 is 1. The van der Waals surface area contributed by atoms with Crippen LogP contribution in [-0.4, -0.2) is 81.7 Å². The molecule has 1 aromatic heterocycles. The molecule has 30 heavy (non-hydrogen) atoms. The molecule has 0 aliphatic carbocycles. The Morgan fingerprint density at radius 3 is 2.50 bits per heavy atom. The third-order valence-corrected chi connectivity index (χ3v) is 5.50. The Hall–Kier alpha value is -3.43. The van der Waals surface area contributed by atoms with Crippen LogP contribution in [0.4, 0.5) is 4.79 Å². The molecule has 0 bridgehead atoms. The lowest BCUT2D eigenvalue weighted by atomic mass is 10.0. The van der Waals surface area contributed by atoms with Gasteiger partial charge in [0.1, 0.15) is 6.61 Å². The summed E-state index contributed by atoms with van der Waals surface area (Å²) < 4.78 is 9.82. The van der Waals surface area contributed by atoms with Crippen molar-refractivity contribution in [2.45, 2.75) is 31.8 Å². The van der Waals surface area contributed by atoms with Gasteiger partial charge in [-0.05, 0) is 31.9 Å². The molecule has 10 heteroatoms. The van der Waals surface area contributed by atoms with E-state index in [2.05, 4.69) is 10.2 Å². The fourth-order valence-electron chi connectivity index (χ4n) is 3.90. The minimum Gasteiger partial charge on any atom is -0.467 e. The van der Waals surface area contributed by atoms with Crippen molar-refractivity contribution in [1.82, 2.24) is 24.8 Å². The summed E-state index contributed by atoms with van der Waals surface area (Å²) in [5.41, 5.74) is 1.64. The molecule has 0 saturated carbocycles. The van der Waals surface area contributed by atoms with Gasteiger partial charge in [-0.2, -0.15) is 9.90 Å². The minimum absolute atomic E-state index is 0.00750. The van der Waals surface area contributed by atoms with Crippen LogP contribution in [0.25, 0.3) is 5.69 Å². The van der Waals surface area contributed by atoms with Gasteiger partial charge in [-0.15, -0.1) is 5.10 Å². The first-order chi connectivity index (χ1) is 14.5. The fraction of sp³-hybridized carbons (Fsp3) is 0.450. The Kier molecular flexibility index (Phi) is 5.39. The van der Waals surface area contributed by atoms with E-state index >= 15 is 0 Å². The van der Waals surface area contributed by atoms with Crippen LogP contribution in [0.3, 0.4) is 0 Å². The summed E-state index contributed by atoms with van der Waals surface area (Å²) >= 11 is 0. The molecule has 2 amide bonds. The zero-order valence-corrected chi connectivity index (χ0v) is 16.9. The van der Waals surface area contributed by atoms with Crippen molar-refractivity contribution in [3.05, 3.63) is 41.7 Å². The van der Waals surface area contributed by atoms with E-state index in [9.17, 15) is 14.4 Å². The number of ether oxygens (including phenoxy) is 2. The lowest BCUT2D eigenvalue weighted by molar-refractivity contribution is -0.145. The van der Waals surface area contributed by atoms with Crippen molar-refractivity contribution in [1.29, 1.82) is 0 Å². The van der Waals surface area contributed by atoms with Crippen LogP contribution in [0.1, 0.15) is 29.0 Å². The van der Waals surface area contributed by atoms with Gasteiger partial charge in [-0.1, -0.05) is 18.2 Å². The average Bonchev–Trinajstić information content (AvgIpc) is 3.36. The summed E-state index contributed by atoms with van der Waals surface area (Å²) in [5, 5.41) is 8.74. The lowest BCUT2D eigenvalue weighted by Gasteiger charge is -2.36. The number of rotatable bonds is 4. The highest BCUT2D eigenvalue weighted by Crippen LogP contribution is 2.25. The molecule has 2 aromatic rings. The maximum Gasteiger partial charge on any atom is 0.410 e. The number of piperidine rings is 1. The number of carbonyl (C=O) groups excluding carboxylic acids is 3. The van der Waals surface area contributed by atoms with Crippen molar-refractivity contribution in [2.24, 2.45) is 0 Å². The van der Waals surface area contributed by atoms with Crippen LogP contribution in [0.5, 0.6) is 0 Å². The van der Waals surface area contributed by atoms with Crippen LogP contribution in [0.2, 0.25) is 0 Å². The summed E-state index contributed by atoms with van der Waals surface area (Å²) in [7, 11) is 1.29. The number of aromatic nitrogens is 3. The largest absolute Gasteiger partial charge is 0.467 e. The van der Waals surface area contributed by atoms with Crippen LogP contribution < -0.4 is 0 Å². The van der Waals surface area contributed by atoms with Gasteiger partial charge in [-0.3, -0.25) is 9.69 Å². The molecule has 0 unspecified atom stereocenters. The second kappa shape index (κ2) is 8.13. The molecule has 1 atom stereocenters. The zero-order valence-electron chi connectivity index (χ0n) is 16.9. The maximum absolute atomic E-state index is 13.0. The van der Waals surface area contributed by atoms with E-state index in [-0.39, 0.29) is 18.6 Å². The van der Waals surface area contributed by atoms with Crippen LogP contribution in [0.15, 0.2) is 30.3 Å². The van der Waals surface area contributed by atoms with Crippen molar-refractivity contribution < 1.29 is 23.9 Å². The van der Waals surface area contributed by atoms with Gasteiger partial charge in [0, 0.05) is 19.1 Å². The Bertz CT molecular complexity index is 952. The summed E-state index contributed by atoms with van der Waals surface area (Å²) in [6.07, 6.45) is 0.567. The second-order valence-electron chi connectivity index (χ2n) is 7.31. The number of esters is 1. The highest BCUT2D eigenvalue weighted by Gasteiger charge is 2.44. The van der Waals surface area contributed by atoms with E-state index < -0.39 is 18.1 Å². The summed E-state index contributed by atoms with van der Waals surface area (Å²) in [4.78, 5) is 41.7. The summed E-state index contributed by atoms with van der Waals surface area (Å²) in [5.74, 6) is -0.686. The Balaban J connectivity index is 1.43. The zero-order chi connectivity index (χ0) is 21.3. The Morgan fingerprint density at radius 2 is 1.83 bits per heavy atom. The summed E-state index contributed by atoms with van der Waals surface area (Å²) in [6, 6.07) is 8.47. The molecule has 2 aliphatic heterocycles. The first kappa shape index (κ1) is 19.9. The SMILES string of the molecule is COC(=O)[C@H]1COC(=O)N1C1CCN(C(=O)c2nn(-c3ccccc3)nc2C)CC1. The Morgan fingerprint density at radius 1 is 1.13 bits per heavy atom. The molecule has 158 valence electrons. The monoisotopic (exact) mass is 413 g/mol. The lowest BCUT2D eigenvalue weighted by Crippen LogP contribution is -2.52. The van der Waals surface area contributed by atoms with Gasteiger partial charge in [-0.25, -0.2) is 9.59 Å². The number of nitrogens with zero attached hydrogens (tertiary/aromatic N) is 5.